The first-order valence-electron chi connectivity index (χ1n) is 7.60. The summed E-state index contributed by atoms with van der Waals surface area (Å²) in [6.45, 7) is 8.27. The molecule has 102 valence electrons. The van der Waals surface area contributed by atoms with E-state index in [9.17, 15) is 0 Å². The smallest absolute Gasteiger partial charge is 0.00103 e. The van der Waals surface area contributed by atoms with Crippen LogP contribution < -0.4 is 5.32 Å². The molecule has 1 N–H and O–H groups in total. The fraction of sp³-hybridized carbons (Fsp3) is 1.00. The first-order chi connectivity index (χ1) is 8.18. The van der Waals surface area contributed by atoms with E-state index in [1.54, 1.807) is 0 Å². The Balaban J connectivity index is 1.79. The third-order valence-electron chi connectivity index (χ3n) is 3.81. The summed E-state index contributed by atoms with van der Waals surface area (Å²) >= 11 is 0. The SMILES string of the molecule is CC(C)NCCCCCCN(C)CC1CCC1. The average Bonchev–Trinajstić information content (AvgIpc) is 2.22. The van der Waals surface area contributed by atoms with Crippen molar-refractivity contribution in [1.82, 2.24) is 10.2 Å². The van der Waals surface area contributed by atoms with Crippen LogP contribution >= 0.6 is 0 Å². The summed E-state index contributed by atoms with van der Waals surface area (Å²) < 4.78 is 0. The molecule has 0 atom stereocenters. The van der Waals surface area contributed by atoms with Gasteiger partial charge in [0.15, 0.2) is 0 Å². The molecule has 0 radical (unpaired) electrons. The van der Waals surface area contributed by atoms with Crippen molar-refractivity contribution in [3.05, 3.63) is 0 Å². The molecule has 2 nitrogen and oxygen atoms in total. The molecule has 0 heterocycles. The van der Waals surface area contributed by atoms with E-state index in [2.05, 4.69) is 31.1 Å². The molecule has 17 heavy (non-hydrogen) atoms. The Morgan fingerprint density at radius 2 is 1.82 bits per heavy atom. The first kappa shape index (κ1) is 15.0. The van der Waals surface area contributed by atoms with Crippen molar-refractivity contribution in [2.75, 3.05) is 26.7 Å². The van der Waals surface area contributed by atoms with Gasteiger partial charge in [0, 0.05) is 12.6 Å². The predicted molar refractivity (Wildman–Crippen MR) is 76.4 cm³/mol. The van der Waals surface area contributed by atoms with Crippen LogP contribution in [0.5, 0.6) is 0 Å². The van der Waals surface area contributed by atoms with E-state index in [0.29, 0.717) is 6.04 Å². The van der Waals surface area contributed by atoms with Crippen LogP contribution in [0.25, 0.3) is 0 Å². The number of unbranched alkanes of at least 4 members (excludes halogenated alkanes) is 3. The Labute approximate surface area is 108 Å². The minimum absolute atomic E-state index is 0.642. The van der Waals surface area contributed by atoms with E-state index in [-0.39, 0.29) is 0 Å². The van der Waals surface area contributed by atoms with Crippen molar-refractivity contribution in [2.45, 2.75) is 64.8 Å². The summed E-state index contributed by atoms with van der Waals surface area (Å²) in [5.74, 6) is 1.02. The molecule has 1 aliphatic rings. The minimum Gasteiger partial charge on any atom is -0.315 e. The van der Waals surface area contributed by atoms with Gasteiger partial charge in [-0.25, -0.2) is 0 Å². The molecule has 0 unspecified atom stereocenters. The summed E-state index contributed by atoms with van der Waals surface area (Å²) in [5, 5.41) is 3.48. The number of rotatable bonds is 10. The molecule has 0 bridgehead atoms. The second-order valence-electron chi connectivity index (χ2n) is 6.08. The zero-order chi connectivity index (χ0) is 12.5. The second kappa shape index (κ2) is 8.93. The third kappa shape index (κ3) is 7.77. The van der Waals surface area contributed by atoms with Crippen molar-refractivity contribution in [2.24, 2.45) is 5.92 Å². The summed E-state index contributed by atoms with van der Waals surface area (Å²) in [7, 11) is 2.29. The number of hydrogen-bond donors (Lipinski definition) is 1. The van der Waals surface area contributed by atoms with Crippen LogP contribution in [-0.2, 0) is 0 Å². The van der Waals surface area contributed by atoms with Gasteiger partial charge in [0.1, 0.15) is 0 Å². The highest BCUT2D eigenvalue weighted by Crippen LogP contribution is 2.26. The van der Waals surface area contributed by atoms with E-state index >= 15 is 0 Å². The van der Waals surface area contributed by atoms with Gasteiger partial charge in [-0.15, -0.1) is 0 Å². The highest BCUT2D eigenvalue weighted by molar-refractivity contribution is 4.72. The van der Waals surface area contributed by atoms with Crippen LogP contribution in [-0.4, -0.2) is 37.6 Å². The Kier molecular flexibility index (Phi) is 7.87. The Morgan fingerprint density at radius 1 is 1.12 bits per heavy atom. The van der Waals surface area contributed by atoms with Gasteiger partial charge in [-0.05, 0) is 51.7 Å². The lowest BCUT2D eigenvalue weighted by atomic mass is 9.85. The van der Waals surface area contributed by atoms with Crippen LogP contribution in [0.15, 0.2) is 0 Å². The van der Waals surface area contributed by atoms with Crippen LogP contribution in [0, 0.1) is 5.92 Å². The number of nitrogens with zero attached hydrogens (tertiary/aromatic N) is 1. The monoisotopic (exact) mass is 240 g/mol. The van der Waals surface area contributed by atoms with E-state index < -0.39 is 0 Å². The molecule has 0 spiro atoms. The Hall–Kier alpha value is -0.0800. The summed E-state index contributed by atoms with van der Waals surface area (Å²) in [5.41, 5.74) is 0. The lowest BCUT2D eigenvalue weighted by Crippen LogP contribution is -2.30. The van der Waals surface area contributed by atoms with E-state index in [1.165, 1.54) is 64.6 Å². The predicted octanol–water partition coefficient (Wildman–Crippen LogP) is 3.28. The third-order valence-corrected chi connectivity index (χ3v) is 3.81. The molecule has 0 aromatic rings. The van der Waals surface area contributed by atoms with Crippen molar-refractivity contribution in [3.8, 4) is 0 Å². The van der Waals surface area contributed by atoms with Crippen molar-refractivity contribution < 1.29 is 0 Å². The Bertz CT molecular complexity index is 176. The standard InChI is InChI=1S/C15H32N2/c1-14(2)16-11-6-4-5-7-12-17(3)13-15-9-8-10-15/h14-16H,4-13H2,1-3H3. The zero-order valence-corrected chi connectivity index (χ0v) is 12.2. The van der Waals surface area contributed by atoms with E-state index in [0.717, 1.165) is 5.92 Å². The largest absolute Gasteiger partial charge is 0.315 e. The maximum Gasteiger partial charge on any atom is 0.00103 e. The van der Waals surface area contributed by atoms with Crippen LogP contribution in [0.1, 0.15) is 58.8 Å². The van der Waals surface area contributed by atoms with Crippen LogP contribution in [0.4, 0.5) is 0 Å². The summed E-state index contributed by atoms with van der Waals surface area (Å²) in [4.78, 5) is 2.54. The van der Waals surface area contributed by atoms with Crippen LogP contribution in [0.3, 0.4) is 0 Å². The zero-order valence-electron chi connectivity index (χ0n) is 12.2. The van der Waals surface area contributed by atoms with Gasteiger partial charge < -0.3 is 10.2 Å². The van der Waals surface area contributed by atoms with Gasteiger partial charge in [-0.2, -0.15) is 0 Å². The van der Waals surface area contributed by atoms with Crippen molar-refractivity contribution in [3.63, 3.8) is 0 Å². The normalized spacial score (nSPS) is 16.8. The van der Waals surface area contributed by atoms with Crippen molar-refractivity contribution >= 4 is 0 Å². The van der Waals surface area contributed by atoms with Gasteiger partial charge in [-0.3, -0.25) is 0 Å². The Morgan fingerprint density at radius 3 is 2.41 bits per heavy atom. The quantitative estimate of drug-likeness (QED) is 0.590. The summed E-state index contributed by atoms with van der Waals surface area (Å²) in [6.07, 6.45) is 9.93. The maximum atomic E-state index is 3.48. The fourth-order valence-corrected chi connectivity index (χ4v) is 2.46. The topological polar surface area (TPSA) is 15.3 Å². The van der Waals surface area contributed by atoms with E-state index in [1.807, 2.05) is 0 Å². The highest BCUT2D eigenvalue weighted by atomic mass is 15.1. The molecule has 1 aliphatic carbocycles. The molecule has 0 aromatic heterocycles. The molecule has 2 heteroatoms. The fourth-order valence-electron chi connectivity index (χ4n) is 2.46. The molecule has 1 rings (SSSR count). The molecular weight excluding hydrogens is 208 g/mol. The van der Waals surface area contributed by atoms with E-state index in [4.69, 9.17) is 0 Å². The minimum atomic E-state index is 0.642. The van der Waals surface area contributed by atoms with Crippen LogP contribution in [0.2, 0.25) is 0 Å². The maximum absolute atomic E-state index is 3.48. The molecule has 0 aromatic carbocycles. The van der Waals surface area contributed by atoms with Gasteiger partial charge >= 0.3 is 0 Å². The lowest BCUT2D eigenvalue weighted by molar-refractivity contribution is 0.203. The van der Waals surface area contributed by atoms with Gasteiger partial charge in [0.05, 0.1) is 0 Å². The van der Waals surface area contributed by atoms with Gasteiger partial charge in [-0.1, -0.05) is 33.1 Å². The molecule has 1 saturated carbocycles. The highest BCUT2D eigenvalue weighted by Gasteiger charge is 2.18. The summed E-state index contributed by atoms with van der Waals surface area (Å²) in [6, 6.07) is 0.642. The molecule has 0 aliphatic heterocycles. The van der Waals surface area contributed by atoms with Gasteiger partial charge in [0.25, 0.3) is 0 Å². The molecule has 0 amide bonds. The lowest BCUT2D eigenvalue weighted by Gasteiger charge is -2.30. The average molecular weight is 240 g/mol. The molecular formula is C15H32N2. The molecule has 1 fully saturated rings. The number of nitrogens with one attached hydrogen (secondary N) is 1. The van der Waals surface area contributed by atoms with Gasteiger partial charge in [0.2, 0.25) is 0 Å². The first-order valence-corrected chi connectivity index (χ1v) is 7.60. The number of hydrogen-bond acceptors (Lipinski definition) is 2. The second-order valence-corrected chi connectivity index (χ2v) is 6.08. The molecule has 0 saturated heterocycles. The van der Waals surface area contributed by atoms with Crippen molar-refractivity contribution in [1.29, 1.82) is 0 Å².